The molecule has 118 valence electrons. The maximum atomic E-state index is 12.0. The van der Waals surface area contributed by atoms with Crippen LogP contribution in [0.3, 0.4) is 0 Å². The summed E-state index contributed by atoms with van der Waals surface area (Å²) in [6.45, 7) is 6.97. The molecule has 1 heterocycles. The van der Waals surface area contributed by atoms with Crippen LogP contribution in [0.4, 0.5) is 0 Å². The fraction of sp³-hybridized carbons (Fsp3) is 0.929. The maximum Gasteiger partial charge on any atom is 0.223 e. The van der Waals surface area contributed by atoms with Crippen LogP contribution in [0.25, 0.3) is 0 Å². The van der Waals surface area contributed by atoms with Crippen molar-refractivity contribution >= 4 is 15.9 Å². The molecule has 1 fully saturated rings. The lowest BCUT2D eigenvalue weighted by atomic mass is 10.0. The summed E-state index contributed by atoms with van der Waals surface area (Å²) in [5.74, 6) is 0.416. The molecule has 0 saturated carbocycles. The first-order valence-electron chi connectivity index (χ1n) is 7.72. The first-order chi connectivity index (χ1) is 9.44. The Morgan fingerprint density at radius 3 is 2.20 bits per heavy atom. The Balaban J connectivity index is 2.45. The highest BCUT2D eigenvalue weighted by Crippen LogP contribution is 2.16. The summed E-state index contributed by atoms with van der Waals surface area (Å²) in [4.78, 5) is 12.0. The Kier molecular flexibility index (Phi) is 6.95. The monoisotopic (exact) mass is 304 g/mol. The molecule has 1 N–H and O–H groups in total. The van der Waals surface area contributed by atoms with E-state index in [1.807, 2.05) is 20.8 Å². The average molecular weight is 304 g/mol. The number of nitrogens with one attached hydrogen (secondary N) is 1. The molecule has 0 aromatic heterocycles. The minimum absolute atomic E-state index is 0.0804. The van der Waals surface area contributed by atoms with Gasteiger partial charge in [0.2, 0.25) is 15.9 Å². The van der Waals surface area contributed by atoms with Crippen LogP contribution < -0.4 is 5.32 Å². The third-order valence-electron chi connectivity index (χ3n) is 4.01. The molecule has 1 aliphatic heterocycles. The normalized spacial score (nSPS) is 18.4. The van der Waals surface area contributed by atoms with E-state index in [1.54, 1.807) is 4.31 Å². The number of nitrogens with zero attached hydrogens (tertiary/aromatic N) is 1. The van der Waals surface area contributed by atoms with Crippen LogP contribution >= 0.6 is 0 Å². The Bertz CT molecular complexity index is 397. The van der Waals surface area contributed by atoms with E-state index in [2.05, 4.69) is 5.32 Å². The topological polar surface area (TPSA) is 66.5 Å². The molecule has 0 spiro atoms. The van der Waals surface area contributed by atoms with Crippen molar-refractivity contribution in [1.82, 2.24) is 9.62 Å². The van der Waals surface area contributed by atoms with Crippen LogP contribution in [0, 0.1) is 5.92 Å². The Morgan fingerprint density at radius 1 is 1.20 bits per heavy atom. The van der Waals surface area contributed by atoms with Gasteiger partial charge < -0.3 is 5.32 Å². The molecule has 20 heavy (non-hydrogen) atoms. The number of carbonyl (C=O) groups excluding carboxylic acids is 1. The van der Waals surface area contributed by atoms with Crippen molar-refractivity contribution in [3.63, 3.8) is 0 Å². The number of hydrogen-bond acceptors (Lipinski definition) is 3. The first kappa shape index (κ1) is 17.4. The predicted octanol–water partition coefficient (Wildman–Crippen LogP) is 1.74. The van der Waals surface area contributed by atoms with Gasteiger partial charge in [-0.05, 0) is 32.1 Å². The van der Waals surface area contributed by atoms with Gasteiger partial charge in [0.25, 0.3) is 0 Å². The van der Waals surface area contributed by atoms with E-state index in [-0.39, 0.29) is 23.6 Å². The minimum Gasteiger partial charge on any atom is -0.353 e. The summed E-state index contributed by atoms with van der Waals surface area (Å²) < 4.78 is 25.5. The Hall–Kier alpha value is -0.620. The van der Waals surface area contributed by atoms with Crippen molar-refractivity contribution in [1.29, 1.82) is 0 Å². The van der Waals surface area contributed by atoms with Crippen LogP contribution in [0.2, 0.25) is 0 Å². The van der Waals surface area contributed by atoms with Gasteiger partial charge >= 0.3 is 0 Å². The minimum atomic E-state index is -3.09. The molecule has 0 radical (unpaired) electrons. The van der Waals surface area contributed by atoms with Crippen LogP contribution in [0.1, 0.15) is 52.9 Å². The van der Waals surface area contributed by atoms with E-state index >= 15 is 0 Å². The highest BCUT2D eigenvalue weighted by molar-refractivity contribution is 7.89. The Morgan fingerprint density at radius 2 is 1.75 bits per heavy atom. The smallest absolute Gasteiger partial charge is 0.223 e. The van der Waals surface area contributed by atoms with E-state index in [9.17, 15) is 13.2 Å². The third-order valence-corrected chi connectivity index (χ3v) is 6.09. The van der Waals surface area contributed by atoms with Crippen LogP contribution in [0.5, 0.6) is 0 Å². The molecular weight excluding hydrogens is 276 g/mol. The molecule has 1 amide bonds. The van der Waals surface area contributed by atoms with Gasteiger partial charge in [-0.3, -0.25) is 4.79 Å². The quantitative estimate of drug-likeness (QED) is 0.779. The standard InChI is InChI=1S/C14H28N2O3S/c1-4-11-20(18,19)16-9-7-13(8-10-16)15-14(17)12(5-2)6-3/h12-13H,4-11H2,1-3H3,(H,15,17). The van der Waals surface area contributed by atoms with Crippen molar-refractivity contribution in [2.45, 2.75) is 58.9 Å². The number of amides is 1. The van der Waals surface area contributed by atoms with Crippen molar-refractivity contribution in [2.24, 2.45) is 5.92 Å². The van der Waals surface area contributed by atoms with Gasteiger partial charge in [0.1, 0.15) is 0 Å². The van der Waals surface area contributed by atoms with E-state index in [0.717, 1.165) is 25.7 Å². The number of hydrogen-bond donors (Lipinski definition) is 1. The third kappa shape index (κ3) is 4.74. The van der Waals surface area contributed by atoms with Gasteiger partial charge in [-0.1, -0.05) is 20.8 Å². The van der Waals surface area contributed by atoms with Crippen LogP contribution in [0.15, 0.2) is 0 Å². The number of piperidine rings is 1. The fourth-order valence-electron chi connectivity index (χ4n) is 2.64. The lowest BCUT2D eigenvalue weighted by Crippen LogP contribution is -2.48. The van der Waals surface area contributed by atoms with Crippen molar-refractivity contribution < 1.29 is 13.2 Å². The van der Waals surface area contributed by atoms with Gasteiger partial charge in [-0.15, -0.1) is 0 Å². The summed E-state index contributed by atoms with van der Waals surface area (Å²) in [6, 6.07) is 0.121. The molecule has 1 rings (SSSR count). The second-order valence-corrected chi connectivity index (χ2v) is 7.60. The Labute approximate surface area is 123 Å². The fourth-order valence-corrected chi connectivity index (χ4v) is 4.19. The van der Waals surface area contributed by atoms with Gasteiger partial charge in [0.05, 0.1) is 5.75 Å². The second-order valence-electron chi connectivity index (χ2n) is 5.51. The first-order valence-corrected chi connectivity index (χ1v) is 9.33. The molecule has 0 aliphatic carbocycles. The van der Waals surface area contributed by atoms with Gasteiger partial charge in [-0.25, -0.2) is 12.7 Å². The molecule has 5 nitrogen and oxygen atoms in total. The van der Waals surface area contributed by atoms with E-state index in [0.29, 0.717) is 19.5 Å². The van der Waals surface area contributed by atoms with Crippen LogP contribution in [-0.4, -0.2) is 43.5 Å². The molecular formula is C14H28N2O3S. The summed E-state index contributed by atoms with van der Waals surface area (Å²) in [5.41, 5.74) is 0. The molecule has 0 bridgehead atoms. The van der Waals surface area contributed by atoms with Gasteiger partial charge in [0, 0.05) is 25.0 Å². The summed E-state index contributed by atoms with van der Waals surface area (Å²) in [5, 5.41) is 3.06. The molecule has 0 atom stereocenters. The van der Waals surface area contributed by atoms with Crippen molar-refractivity contribution in [3.05, 3.63) is 0 Å². The molecule has 0 unspecified atom stereocenters. The highest BCUT2D eigenvalue weighted by Gasteiger charge is 2.28. The van der Waals surface area contributed by atoms with Crippen molar-refractivity contribution in [3.8, 4) is 0 Å². The molecule has 1 saturated heterocycles. The second kappa shape index (κ2) is 7.98. The van der Waals surface area contributed by atoms with E-state index < -0.39 is 10.0 Å². The molecule has 0 aromatic carbocycles. The molecule has 0 aromatic rings. The zero-order valence-corrected chi connectivity index (χ0v) is 13.7. The summed E-state index contributed by atoms with van der Waals surface area (Å²) in [6.07, 6.45) is 3.79. The van der Waals surface area contributed by atoms with E-state index in [1.165, 1.54) is 0 Å². The molecule has 6 heteroatoms. The zero-order valence-electron chi connectivity index (χ0n) is 12.9. The lowest BCUT2D eigenvalue weighted by Gasteiger charge is -2.32. The number of sulfonamides is 1. The number of rotatable bonds is 7. The van der Waals surface area contributed by atoms with Gasteiger partial charge in [0.15, 0.2) is 0 Å². The SMILES string of the molecule is CCCS(=O)(=O)N1CCC(NC(=O)C(CC)CC)CC1. The average Bonchev–Trinajstić information content (AvgIpc) is 2.40. The maximum absolute atomic E-state index is 12.0. The predicted molar refractivity (Wildman–Crippen MR) is 80.9 cm³/mol. The van der Waals surface area contributed by atoms with Crippen molar-refractivity contribution in [2.75, 3.05) is 18.8 Å². The van der Waals surface area contributed by atoms with Gasteiger partial charge in [-0.2, -0.15) is 0 Å². The summed E-state index contributed by atoms with van der Waals surface area (Å²) in [7, 11) is -3.09. The lowest BCUT2D eigenvalue weighted by molar-refractivity contribution is -0.126. The zero-order chi connectivity index (χ0) is 15.2. The number of carbonyl (C=O) groups is 1. The summed E-state index contributed by atoms with van der Waals surface area (Å²) >= 11 is 0. The van der Waals surface area contributed by atoms with Crippen LogP contribution in [-0.2, 0) is 14.8 Å². The van der Waals surface area contributed by atoms with E-state index in [4.69, 9.17) is 0 Å². The molecule has 1 aliphatic rings. The largest absolute Gasteiger partial charge is 0.353 e. The highest BCUT2D eigenvalue weighted by atomic mass is 32.2.